The first-order valence-corrected chi connectivity index (χ1v) is 8.83. The lowest BCUT2D eigenvalue weighted by Gasteiger charge is -2.36. The van der Waals surface area contributed by atoms with E-state index in [1.807, 2.05) is 6.07 Å². The van der Waals surface area contributed by atoms with Gasteiger partial charge in [-0.25, -0.2) is 14.6 Å². The van der Waals surface area contributed by atoms with Crippen LogP contribution in [-0.4, -0.2) is 45.0 Å². The second-order valence-electron chi connectivity index (χ2n) is 6.25. The molecular formula is C17H17Cl2N5O. The molecule has 3 heterocycles. The molecule has 1 aliphatic rings. The van der Waals surface area contributed by atoms with Crippen molar-refractivity contribution in [1.29, 1.82) is 0 Å². The Morgan fingerprint density at radius 1 is 1.08 bits per heavy atom. The van der Waals surface area contributed by atoms with Crippen molar-refractivity contribution < 1.29 is 4.74 Å². The first kappa shape index (κ1) is 16.6. The SMILES string of the molecule is CC1CN(c2ncnc3c2cnn3-c2ccc(Cl)c(Cl)c2)CC(C)O1. The molecule has 1 aromatic carbocycles. The zero-order chi connectivity index (χ0) is 17.6. The fourth-order valence-electron chi connectivity index (χ4n) is 3.24. The highest BCUT2D eigenvalue weighted by atomic mass is 35.5. The largest absolute Gasteiger partial charge is 0.372 e. The van der Waals surface area contributed by atoms with Crippen LogP contribution in [0.1, 0.15) is 13.8 Å². The maximum absolute atomic E-state index is 6.14. The summed E-state index contributed by atoms with van der Waals surface area (Å²) in [6.07, 6.45) is 3.66. The highest BCUT2D eigenvalue weighted by molar-refractivity contribution is 6.42. The third kappa shape index (κ3) is 3.05. The van der Waals surface area contributed by atoms with Crippen LogP contribution in [-0.2, 0) is 4.74 Å². The Labute approximate surface area is 155 Å². The van der Waals surface area contributed by atoms with Crippen LogP contribution in [0.25, 0.3) is 16.7 Å². The van der Waals surface area contributed by atoms with Gasteiger partial charge in [0.1, 0.15) is 12.1 Å². The van der Waals surface area contributed by atoms with E-state index < -0.39 is 0 Å². The predicted octanol–water partition coefficient (Wildman–Crippen LogP) is 3.74. The van der Waals surface area contributed by atoms with Gasteiger partial charge < -0.3 is 9.64 Å². The monoisotopic (exact) mass is 377 g/mol. The van der Waals surface area contributed by atoms with E-state index in [1.165, 1.54) is 0 Å². The number of rotatable bonds is 2. The van der Waals surface area contributed by atoms with Gasteiger partial charge in [0.15, 0.2) is 5.65 Å². The molecule has 0 N–H and O–H groups in total. The maximum Gasteiger partial charge on any atom is 0.168 e. The number of anilines is 1. The molecule has 6 nitrogen and oxygen atoms in total. The average Bonchev–Trinajstić information content (AvgIpc) is 3.00. The minimum absolute atomic E-state index is 0.152. The molecule has 0 bridgehead atoms. The Balaban J connectivity index is 1.79. The van der Waals surface area contributed by atoms with Crippen molar-refractivity contribution in [3.05, 3.63) is 40.8 Å². The topological polar surface area (TPSA) is 56.1 Å². The Hall–Kier alpha value is -1.89. The molecule has 8 heteroatoms. The Bertz CT molecular complexity index is 919. The average molecular weight is 378 g/mol. The molecule has 25 heavy (non-hydrogen) atoms. The van der Waals surface area contributed by atoms with Gasteiger partial charge in [-0.1, -0.05) is 23.2 Å². The fourth-order valence-corrected chi connectivity index (χ4v) is 3.53. The first-order valence-electron chi connectivity index (χ1n) is 8.07. The van der Waals surface area contributed by atoms with Crippen molar-refractivity contribution in [3.63, 3.8) is 0 Å². The number of hydrogen-bond donors (Lipinski definition) is 0. The normalized spacial score (nSPS) is 21.0. The summed E-state index contributed by atoms with van der Waals surface area (Å²) < 4.78 is 7.56. The standard InChI is InChI=1S/C17H17Cl2N5O/c1-10-7-23(8-11(2)25-10)16-13-6-22-24(17(13)21-9-20-16)12-3-4-14(18)15(19)5-12/h3-6,9-11H,7-8H2,1-2H3. The number of morpholine rings is 1. The van der Waals surface area contributed by atoms with E-state index in [9.17, 15) is 0 Å². The van der Waals surface area contributed by atoms with Gasteiger partial charge in [0.05, 0.1) is 39.5 Å². The summed E-state index contributed by atoms with van der Waals surface area (Å²) in [5.41, 5.74) is 1.54. The van der Waals surface area contributed by atoms with E-state index in [1.54, 1.807) is 29.3 Å². The highest BCUT2D eigenvalue weighted by Crippen LogP contribution is 2.29. The predicted molar refractivity (Wildman–Crippen MR) is 98.9 cm³/mol. The third-order valence-corrected chi connectivity index (χ3v) is 4.95. The third-order valence-electron chi connectivity index (χ3n) is 4.21. The first-order chi connectivity index (χ1) is 12.0. The second-order valence-corrected chi connectivity index (χ2v) is 7.07. The number of nitrogens with zero attached hydrogens (tertiary/aromatic N) is 5. The number of fused-ring (bicyclic) bond motifs is 1. The van der Waals surface area contributed by atoms with Gasteiger partial charge in [-0.2, -0.15) is 5.10 Å². The number of ether oxygens (including phenoxy) is 1. The zero-order valence-corrected chi connectivity index (χ0v) is 15.4. The summed E-state index contributed by atoms with van der Waals surface area (Å²) in [6.45, 7) is 5.71. The molecular weight excluding hydrogens is 361 g/mol. The molecule has 0 amide bonds. The molecule has 1 aliphatic heterocycles. The Morgan fingerprint density at radius 2 is 1.84 bits per heavy atom. The van der Waals surface area contributed by atoms with E-state index >= 15 is 0 Å². The molecule has 0 aliphatic carbocycles. The van der Waals surface area contributed by atoms with Crippen LogP contribution in [0.2, 0.25) is 10.0 Å². The van der Waals surface area contributed by atoms with Gasteiger partial charge in [0, 0.05) is 13.1 Å². The van der Waals surface area contributed by atoms with E-state index in [4.69, 9.17) is 27.9 Å². The fraction of sp³-hybridized carbons (Fsp3) is 0.353. The van der Waals surface area contributed by atoms with Crippen LogP contribution in [0.5, 0.6) is 0 Å². The molecule has 0 spiro atoms. The summed E-state index contributed by atoms with van der Waals surface area (Å²) in [5, 5.41) is 6.37. The summed E-state index contributed by atoms with van der Waals surface area (Å²) in [7, 11) is 0. The number of halogens is 2. The van der Waals surface area contributed by atoms with Gasteiger partial charge in [-0.05, 0) is 32.0 Å². The van der Waals surface area contributed by atoms with Crippen molar-refractivity contribution in [1.82, 2.24) is 19.7 Å². The van der Waals surface area contributed by atoms with E-state index in [2.05, 4.69) is 33.8 Å². The smallest absolute Gasteiger partial charge is 0.168 e. The van der Waals surface area contributed by atoms with Gasteiger partial charge in [0.2, 0.25) is 0 Å². The number of benzene rings is 1. The van der Waals surface area contributed by atoms with E-state index in [0.29, 0.717) is 10.0 Å². The van der Waals surface area contributed by atoms with Crippen LogP contribution in [0.15, 0.2) is 30.7 Å². The summed E-state index contributed by atoms with van der Waals surface area (Å²) in [5.74, 6) is 0.873. The van der Waals surface area contributed by atoms with Crippen molar-refractivity contribution >= 4 is 40.1 Å². The quantitative estimate of drug-likeness (QED) is 0.680. The van der Waals surface area contributed by atoms with Gasteiger partial charge in [0.25, 0.3) is 0 Å². The summed E-state index contributed by atoms with van der Waals surface area (Å²) in [4.78, 5) is 11.1. The van der Waals surface area contributed by atoms with Crippen LogP contribution >= 0.6 is 23.2 Å². The van der Waals surface area contributed by atoms with Crippen molar-refractivity contribution in [3.8, 4) is 5.69 Å². The van der Waals surface area contributed by atoms with Crippen molar-refractivity contribution in [2.24, 2.45) is 0 Å². The highest BCUT2D eigenvalue weighted by Gasteiger charge is 2.25. The van der Waals surface area contributed by atoms with Crippen molar-refractivity contribution in [2.45, 2.75) is 26.1 Å². The second kappa shape index (κ2) is 6.44. The van der Waals surface area contributed by atoms with Gasteiger partial charge >= 0.3 is 0 Å². The maximum atomic E-state index is 6.14. The molecule has 2 atom stereocenters. The Kier molecular flexibility index (Phi) is 4.27. The number of aromatic nitrogens is 4. The van der Waals surface area contributed by atoms with Crippen LogP contribution < -0.4 is 4.90 Å². The molecule has 1 fully saturated rings. The van der Waals surface area contributed by atoms with Crippen LogP contribution in [0, 0.1) is 0 Å². The lowest BCUT2D eigenvalue weighted by Crippen LogP contribution is -2.45. The number of hydrogen-bond acceptors (Lipinski definition) is 5. The lowest BCUT2D eigenvalue weighted by atomic mass is 10.2. The van der Waals surface area contributed by atoms with Crippen LogP contribution in [0.4, 0.5) is 5.82 Å². The van der Waals surface area contributed by atoms with Crippen LogP contribution in [0.3, 0.4) is 0 Å². The van der Waals surface area contributed by atoms with E-state index in [0.717, 1.165) is 35.6 Å². The minimum Gasteiger partial charge on any atom is -0.372 e. The molecule has 4 rings (SSSR count). The molecule has 2 unspecified atom stereocenters. The van der Waals surface area contributed by atoms with E-state index in [-0.39, 0.29) is 12.2 Å². The lowest BCUT2D eigenvalue weighted by molar-refractivity contribution is -0.00537. The Morgan fingerprint density at radius 3 is 2.56 bits per heavy atom. The van der Waals surface area contributed by atoms with Gasteiger partial charge in [-0.3, -0.25) is 0 Å². The molecule has 2 aromatic heterocycles. The summed E-state index contributed by atoms with van der Waals surface area (Å²) in [6, 6.07) is 5.39. The zero-order valence-electron chi connectivity index (χ0n) is 13.9. The van der Waals surface area contributed by atoms with Crippen molar-refractivity contribution in [2.75, 3.05) is 18.0 Å². The molecule has 1 saturated heterocycles. The molecule has 0 saturated carbocycles. The molecule has 0 radical (unpaired) electrons. The minimum atomic E-state index is 0.152. The summed E-state index contributed by atoms with van der Waals surface area (Å²) >= 11 is 12.1. The molecule has 3 aromatic rings. The van der Waals surface area contributed by atoms with Gasteiger partial charge in [-0.15, -0.1) is 0 Å². The molecule has 130 valence electrons.